The molecule has 0 atom stereocenters. The van der Waals surface area contributed by atoms with Gasteiger partial charge in [0.15, 0.2) is 4.80 Å². The van der Waals surface area contributed by atoms with Gasteiger partial charge in [-0.15, -0.1) is 11.3 Å². The molecule has 5 rings (SSSR count). The molecule has 144 valence electrons. The highest BCUT2D eigenvalue weighted by atomic mass is 32.1. The van der Waals surface area contributed by atoms with Crippen LogP contribution in [0.5, 0.6) is 0 Å². The van der Waals surface area contributed by atoms with Gasteiger partial charge in [-0.05, 0) is 41.0 Å². The monoisotopic (exact) mass is 404 g/mol. The van der Waals surface area contributed by atoms with Crippen molar-refractivity contribution in [3.8, 4) is 28.1 Å². The van der Waals surface area contributed by atoms with E-state index >= 15 is 0 Å². The van der Waals surface area contributed by atoms with E-state index in [9.17, 15) is 0 Å². The van der Waals surface area contributed by atoms with Gasteiger partial charge in [-0.2, -0.15) is 0 Å². The lowest BCUT2D eigenvalue weighted by atomic mass is 10.0. The smallest absolute Gasteiger partial charge is 0.195 e. The van der Waals surface area contributed by atoms with Gasteiger partial charge in [0.05, 0.1) is 11.4 Å². The van der Waals surface area contributed by atoms with Crippen LogP contribution >= 0.6 is 11.3 Å². The standard InChI is InChI=1S/C27H20N2S/c1-4-10-21(11-5-1)22-16-18-23(19-17-22)26-20-30-27(28-24-12-6-2-7-13-24)29(26)25-14-8-3-9-15-25/h1-20H. The lowest BCUT2D eigenvalue weighted by Crippen LogP contribution is -2.13. The van der Waals surface area contributed by atoms with Crippen LogP contribution in [-0.2, 0) is 0 Å². The fourth-order valence-electron chi connectivity index (χ4n) is 3.49. The summed E-state index contributed by atoms with van der Waals surface area (Å²) < 4.78 is 2.23. The third kappa shape index (κ3) is 3.76. The summed E-state index contributed by atoms with van der Waals surface area (Å²) in [7, 11) is 0. The van der Waals surface area contributed by atoms with Crippen molar-refractivity contribution >= 4 is 17.0 Å². The van der Waals surface area contributed by atoms with Gasteiger partial charge in [0.1, 0.15) is 0 Å². The predicted molar refractivity (Wildman–Crippen MR) is 126 cm³/mol. The average Bonchev–Trinajstić information content (AvgIpc) is 3.24. The molecule has 0 radical (unpaired) electrons. The highest BCUT2D eigenvalue weighted by molar-refractivity contribution is 7.07. The van der Waals surface area contributed by atoms with Crippen molar-refractivity contribution < 1.29 is 0 Å². The van der Waals surface area contributed by atoms with Crippen molar-refractivity contribution in [1.82, 2.24) is 4.57 Å². The van der Waals surface area contributed by atoms with Crippen LogP contribution < -0.4 is 4.80 Å². The average molecular weight is 405 g/mol. The lowest BCUT2D eigenvalue weighted by molar-refractivity contribution is 1.01. The molecule has 30 heavy (non-hydrogen) atoms. The first-order chi connectivity index (χ1) is 14.9. The van der Waals surface area contributed by atoms with E-state index in [0.29, 0.717) is 0 Å². The lowest BCUT2D eigenvalue weighted by Gasteiger charge is -2.10. The summed E-state index contributed by atoms with van der Waals surface area (Å²) in [5.41, 5.74) is 6.82. The molecule has 0 saturated heterocycles. The number of hydrogen-bond donors (Lipinski definition) is 0. The third-order valence-electron chi connectivity index (χ3n) is 4.99. The highest BCUT2D eigenvalue weighted by Crippen LogP contribution is 2.27. The van der Waals surface area contributed by atoms with Crippen LogP contribution in [-0.4, -0.2) is 4.57 Å². The zero-order valence-corrected chi connectivity index (χ0v) is 17.2. The van der Waals surface area contributed by atoms with E-state index < -0.39 is 0 Å². The van der Waals surface area contributed by atoms with Crippen molar-refractivity contribution in [2.45, 2.75) is 0 Å². The Labute approximate surface area is 180 Å². The number of benzene rings is 4. The Balaban J connectivity index is 1.63. The van der Waals surface area contributed by atoms with E-state index in [2.05, 4.69) is 82.7 Å². The molecule has 0 N–H and O–H groups in total. The van der Waals surface area contributed by atoms with Crippen LogP contribution in [0.2, 0.25) is 0 Å². The molecule has 3 heteroatoms. The molecule has 4 aromatic carbocycles. The molecular weight excluding hydrogens is 384 g/mol. The summed E-state index contributed by atoms with van der Waals surface area (Å²) in [6, 6.07) is 39.7. The Morgan fingerprint density at radius 2 is 1.07 bits per heavy atom. The van der Waals surface area contributed by atoms with Gasteiger partial charge < -0.3 is 0 Å². The first kappa shape index (κ1) is 18.3. The maximum atomic E-state index is 4.91. The van der Waals surface area contributed by atoms with Gasteiger partial charge in [-0.25, -0.2) is 4.99 Å². The van der Waals surface area contributed by atoms with Crippen LogP contribution in [0.1, 0.15) is 0 Å². The maximum Gasteiger partial charge on any atom is 0.195 e. The molecule has 0 saturated carbocycles. The molecule has 0 amide bonds. The number of para-hydroxylation sites is 2. The van der Waals surface area contributed by atoms with Crippen LogP contribution in [0.3, 0.4) is 0 Å². The van der Waals surface area contributed by atoms with Crippen molar-refractivity contribution in [1.29, 1.82) is 0 Å². The van der Waals surface area contributed by atoms with E-state index in [-0.39, 0.29) is 0 Å². The van der Waals surface area contributed by atoms with E-state index in [1.807, 2.05) is 42.5 Å². The minimum Gasteiger partial charge on any atom is -0.285 e. The van der Waals surface area contributed by atoms with Crippen molar-refractivity contribution in [3.63, 3.8) is 0 Å². The summed E-state index contributed by atoms with van der Waals surface area (Å²) in [4.78, 5) is 5.86. The van der Waals surface area contributed by atoms with Gasteiger partial charge in [0.25, 0.3) is 0 Å². The summed E-state index contributed by atoms with van der Waals surface area (Å²) in [5.74, 6) is 0. The minimum absolute atomic E-state index is 0.953. The number of hydrogen-bond acceptors (Lipinski definition) is 2. The zero-order chi connectivity index (χ0) is 20.2. The Kier molecular flexibility index (Phi) is 5.11. The normalized spacial score (nSPS) is 11.5. The van der Waals surface area contributed by atoms with Crippen molar-refractivity contribution in [3.05, 3.63) is 125 Å². The number of thiazole rings is 1. The first-order valence-corrected chi connectivity index (χ1v) is 10.8. The molecule has 2 nitrogen and oxygen atoms in total. The molecule has 0 aliphatic rings. The van der Waals surface area contributed by atoms with Crippen molar-refractivity contribution in [2.75, 3.05) is 0 Å². The van der Waals surface area contributed by atoms with Crippen LogP contribution in [0.4, 0.5) is 5.69 Å². The summed E-state index contributed by atoms with van der Waals surface area (Å²) in [6.07, 6.45) is 0. The highest BCUT2D eigenvalue weighted by Gasteiger charge is 2.10. The molecule has 0 fully saturated rings. The quantitative estimate of drug-likeness (QED) is 0.304. The second-order valence-corrected chi connectivity index (χ2v) is 7.80. The van der Waals surface area contributed by atoms with Crippen LogP contribution in [0.15, 0.2) is 126 Å². The third-order valence-corrected chi connectivity index (χ3v) is 5.82. The molecule has 0 bridgehead atoms. The number of nitrogens with zero attached hydrogens (tertiary/aromatic N) is 2. The van der Waals surface area contributed by atoms with Gasteiger partial charge in [0.2, 0.25) is 0 Å². The molecule has 1 heterocycles. The molecule has 0 spiro atoms. The van der Waals surface area contributed by atoms with E-state index in [1.54, 1.807) is 11.3 Å². The van der Waals surface area contributed by atoms with E-state index in [4.69, 9.17) is 4.99 Å². The fraction of sp³-hybridized carbons (Fsp3) is 0. The number of rotatable bonds is 4. The summed E-state index contributed by atoms with van der Waals surface area (Å²) in [6.45, 7) is 0. The number of aromatic nitrogens is 1. The Morgan fingerprint density at radius 3 is 1.73 bits per heavy atom. The van der Waals surface area contributed by atoms with Gasteiger partial charge >= 0.3 is 0 Å². The molecule has 0 aliphatic heterocycles. The predicted octanol–water partition coefficient (Wildman–Crippen LogP) is 7.11. The first-order valence-electron chi connectivity index (χ1n) is 9.90. The largest absolute Gasteiger partial charge is 0.285 e. The molecule has 1 aromatic heterocycles. The second-order valence-electron chi connectivity index (χ2n) is 6.97. The Morgan fingerprint density at radius 1 is 0.533 bits per heavy atom. The van der Waals surface area contributed by atoms with Crippen molar-refractivity contribution in [2.24, 2.45) is 4.99 Å². The summed E-state index contributed by atoms with van der Waals surface area (Å²) >= 11 is 1.66. The maximum absolute atomic E-state index is 4.91. The van der Waals surface area contributed by atoms with Gasteiger partial charge in [-0.3, -0.25) is 4.57 Å². The zero-order valence-electron chi connectivity index (χ0n) is 16.3. The van der Waals surface area contributed by atoms with Crippen LogP contribution in [0, 0.1) is 0 Å². The minimum atomic E-state index is 0.953. The second kappa shape index (κ2) is 8.36. The SMILES string of the molecule is c1ccc(N=c2scc(-c3ccc(-c4ccccc4)cc3)n2-c2ccccc2)cc1. The van der Waals surface area contributed by atoms with E-state index in [0.717, 1.165) is 21.9 Å². The fourth-order valence-corrected chi connectivity index (χ4v) is 4.42. The molecule has 0 unspecified atom stereocenters. The molecular formula is C27H20N2S. The Bertz CT molecular complexity index is 1300. The van der Waals surface area contributed by atoms with Gasteiger partial charge in [-0.1, -0.05) is 91.0 Å². The Hall–Kier alpha value is -3.69. The molecule has 0 aliphatic carbocycles. The van der Waals surface area contributed by atoms with Crippen LogP contribution in [0.25, 0.3) is 28.1 Å². The van der Waals surface area contributed by atoms with Gasteiger partial charge in [0, 0.05) is 11.1 Å². The van der Waals surface area contributed by atoms with E-state index in [1.165, 1.54) is 16.7 Å². The summed E-state index contributed by atoms with van der Waals surface area (Å²) in [5, 5.41) is 2.19. The molecule has 5 aromatic rings. The topological polar surface area (TPSA) is 17.3 Å².